The summed E-state index contributed by atoms with van der Waals surface area (Å²) in [7, 11) is 0. The van der Waals surface area contributed by atoms with Crippen molar-refractivity contribution in [2.45, 2.75) is 44.3 Å². The lowest BCUT2D eigenvalue weighted by atomic mass is 9.90. The van der Waals surface area contributed by atoms with Gasteiger partial charge in [0.25, 0.3) is 0 Å². The van der Waals surface area contributed by atoms with E-state index in [9.17, 15) is 9.90 Å². The van der Waals surface area contributed by atoms with Crippen molar-refractivity contribution >= 4 is 6.09 Å². The van der Waals surface area contributed by atoms with Crippen molar-refractivity contribution in [2.24, 2.45) is 5.73 Å². The standard InChI is InChI=1S/C14H20N2O2/c15-12-8-4-5-9-13(12)16(14(17)18)10-11-6-2-1-3-7-11/h1-3,6-7,12-13H,4-5,8-10,15H2,(H,17,18)/t12-,13+/m0/s1. The summed E-state index contributed by atoms with van der Waals surface area (Å²) in [6.45, 7) is 0.425. The maximum Gasteiger partial charge on any atom is 0.407 e. The molecule has 1 aromatic carbocycles. The number of carbonyl (C=O) groups is 1. The predicted molar refractivity (Wildman–Crippen MR) is 70.2 cm³/mol. The van der Waals surface area contributed by atoms with Crippen molar-refractivity contribution in [3.63, 3.8) is 0 Å². The molecule has 0 unspecified atom stereocenters. The van der Waals surface area contributed by atoms with Crippen LogP contribution in [0.15, 0.2) is 30.3 Å². The number of carboxylic acid groups (broad SMARTS) is 1. The summed E-state index contributed by atoms with van der Waals surface area (Å²) in [6.07, 6.45) is 3.10. The van der Waals surface area contributed by atoms with E-state index < -0.39 is 6.09 Å². The van der Waals surface area contributed by atoms with E-state index in [1.54, 1.807) is 0 Å². The minimum Gasteiger partial charge on any atom is -0.465 e. The molecule has 18 heavy (non-hydrogen) atoms. The van der Waals surface area contributed by atoms with Crippen LogP contribution in [0.1, 0.15) is 31.2 Å². The Kier molecular flexibility index (Phi) is 4.20. The Hall–Kier alpha value is -1.55. The van der Waals surface area contributed by atoms with Crippen LogP contribution in [0.4, 0.5) is 4.79 Å². The first-order chi connectivity index (χ1) is 8.68. The number of hydrogen-bond donors (Lipinski definition) is 2. The fraction of sp³-hybridized carbons (Fsp3) is 0.500. The molecule has 4 heteroatoms. The van der Waals surface area contributed by atoms with Crippen LogP contribution in [0.25, 0.3) is 0 Å². The smallest absolute Gasteiger partial charge is 0.407 e. The lowest BCUT2D eigenvalue weighted by Gasteiger charge is -2.36. The maximum absolute atomic E-state index is 11.4. The van der Waals surface area contributed by atoms with Gasteiger partial charge in [-0.1, -0.05) is 43.2 Å². The molecule has 0 bridgehead atoms. The molecule has 1 aliphatic rings. The van der Waals surface area contributed by atoms with Crippen LogP contribution < -0.4 is 5.73 Å². The zero-order chi connectivity index (χ0) is 13.0. The SMILES string of the molecule is N[C@H]1CCCC[C@H]1N(Cc1ccccc1)C(=O)O. The van der Waals surface area contributed by atoms with Gasteiger partial charge in [-0.25, -0.2) is 4.79 Å². The number of nitrogens with two attached hydrogens (primary N) is 1. The van der Waals surface area contributed by atoms with Crippen molar-refractivity contribution < 1.29 is 9.90 Å². The van der Waals surface area contributed by atoms with Crippen molar-refractivity contribution in [1.29, 1.82) is 0 Å². The van der Waals surface area contributed by atoms with Gasteiger partial charge in [0.1, 0.15) is 0 Å². The van der Waals surface area contributed by atoms with Gasteiger partial charge in [0.15, 0.2) is 0 Å². The summed E-state index contributed by atoms with van der Waals surface area (Å²) in [4.78, 5) is 12.9. The number of benzene rings is 1. The second kappa shape index (κ2) is 5.87. The van der Waals surface area contributed by atoms with Crippen LogP contribution in [0, 0.1) is 0 Å². The number of hydrogen-bond acceptors (Lipinski definition) is 2. The fourth-order valence-electron chi connectivity index (χ4n) is 2.63. The van der Waals surface area contributed by atoms with Gasteiger partial charge in [-0.05, 0) is 18.4 Å². The van der Waals surface area contributed by atoms with Crippen molar-refractivity contribution in [3.05, 3.63) is 35.9 Å². The van der Waals surface area contributed by atoms with Crippen molar-refractivity contribution in [3.8, 4) is 0 Å². The molecule has 4 nitrogen and oxygen atoms in total. The highest BCUT2D eigenvalue weighted by molar-refractivity contribution is 5.65. The van der Waals surface area contributed by atoms with Crippen molar-refractivity contribution in [1.82, 2.24) is 4.90 Å². The monoisotopic (exact) mass is 248 g/mol. The molecule has 0 heterocycles. The summed E-state index contributed by atoms with van der Waals surface area (Å²) in [5, 5.41) is 9.37. The van der Waals surface area contributed by atoms with E-state index in [-0.39, 0.29) is 12.1 Å². The first kappa shape index (κ1) is 12.9. The fourth-order valence-corrected chi connectivity index (χ4v) is 2.63. The Morgan fingerprint density at radius 2 is 1.94 bits per heavy atom. The van der Waals surface area contributed by atoms with E-state index in [0.29, 0.717) is 6.54 Å². The Morgan fingerprint density at radius 1 is 1.28 bits per heavy atom. The van der Waals surface area contributed by atoms with Crippen LogP contribution in [0.3, 0.4) is 0 Å². The second-order valence-electron chi connectivity index (χ2n) is 4.91. The predicted octanol–water partition coefficient (Wildman–Crippen LogP) is 2.44. The summed E-state index contributed by atoms with van der Waals surface area (Å²) in [5.74, 6) is 0. The van der Waals surface area contributed by atoms with E-state index in [0.717, 1.165) is 31.2 Å². The molecule has 0 saturated heterocycles. The van der Waals surface area contributed by atoms with Gasteiger partial charge in [0, 0.05) is 12.6 Å². The molecular formula is C14H20N2O2. The van der Waals surface area contributed by atoms with E-state index >= 15 is 0 Å². The van der Waals surface area contributed by atoms with Crippen LogP contribution in [-0.4, -0.2) is 28.2 Å². The van der Waals surface area contributed by atoms with Crippen LogP contribution in [-0.2, 0) is 6.54 Å². The van der Waals surface area contributed by atoms with Gasteiger partial charge < -0.3 is 10.8 Å². The molecule has 0 spiro atoms. The van der Waals surface area contributed by atoms with E-state index in [1.807, 2.05) is 30.3 Å². The molecule has 1 aromatic rings. The average Bonchev–Trinajstić information content (AvgIpc) is 2.38. The maximum atomic E-state index is 11.4. The lowest BCUT2D eigenvalue weighted by molar-refractivity contribution is 0.0986. The molecule has 1 aliphatic carbocycles. The molecule has 1 saturated carbocycles. The van der Waals surface area contributed by atoms with Gasteiger partial charge in [-0.15, -0.1) is 0 Å². The Labute approximate surface area is 107 Å². The quantitative estimate of drug-likeness (QED) is 0.863. The topological polar surface area (TPSA) is 66.6 Å². The minimum atomic E-state index is -0.874. The largest absolute Gasteiger partial charge is 0.465 e. The zero-order valence-electron chi connectivity index (χ0n) is 10.5. The number of nitrogens with zero attached hydrogens (tertiary/aromatic N) is 1. The molecule has 1 amide bonds. The molecular weight excluding hydrogens is 228 g/mol. The van der Waals surface area contributed by atoms with Gasteiger partial charge >= 0.3 is 6.09 Å². The third kappa shape index (κ3) is 3.01. The highest BCUT2D eigenvalue weighted by atomic mass is 16.4. The van der Waals surface area contributed by atoms with E-state index in [1.165, 1.54) is 4.90 Å². The molecule has 1 fully saturated rings. The molecule has 2 rings (SSSR count). The van der Waals surface area contributed by atoms with Gasteiger partial charge in [0.05, 0.1) is 6.04 Å². The van der Waals surface area contributed by atoms with Gasteiger partial charge in [0.2, 0.25) is 0 Å². The van der Waals surface area contributed by atoms with Gasteiger partial charge in [-0.3, -0.25) is 4.90 Å². The minimum absolute atomic E-state index is 0.0291. The highest BCUT2D eigenvalue weighted by Crippen LogP contribution is 2.23. The summed E-state index contributed by atoms with van der Waals surface area (Å²) in [5.41, 5.74) is 7.08. The van der Waals surface area contributed by atoms with Crippen molar-refractivity contribution in [2.75, 3.05) is 0 Å². The Bertz CT molecular complexity index is 394. The number of amides is 1. The van der Waals surface area contributed by atoms with Crippen LogP contribution in [0.2, 0.25) is 0 Å². The third-order valence-corrected chi connectivity index (χ3v) is 3.62. The number of rotatable bonds is 3. The summed E-state index contributed by atoms with van der Waals surface area (Å²) < 4.78 is 0. The molecule has 2 atom stereocenters. The second-order valence-corrected chi connectivity index (χ2v) is 4.91. The van der Waals surface area contributed by atoms with Crippen LogP contribution in [0.5, 0.6) is 0 Å². The summed E-state index contributed by atoms with van der Waals surface area (Å²) in [6, 6.07) is 9.61. The first-order valence-electron chi connectivity index (χ1n) is 6.47. The average molecular weight is 248 g/mol. The highest BCUT2D eigenvalue weighted by Gasteiger charge is 2.30. The molecule has 3 N–H and O–H groups in total. The Morgan fingerprint density at radius 3 is 2.56 bits per heavy atom. The first-order valence-corrected chi connectivity index (χ1v) is 6.47. The van der Waals surface area contributed by atoms with Gasteiger partial charge in [-0.2, -0.15) is 0 Å². The van der Waals surface area contributed by atoms with E-state index in [4.69, 9.17) is 5.73 Å². The third-order valence-electron chi connectivity index (χ3n) is 3.62. The molecule has 0 aromatic heterocycles. The summed E-state index contributed by atoms with van der Waals surface area (Å²) >= 11 is 0. The molecule has 0 aliphatic heterocycles. The molecule has 98 valence electrons. The lowest BCUT2D eigenvalue weighted by Crippen LogP contribution is -2.51. The Balaban J connectivity index is 2.10. The normalized spacial score (nSPS) is 23.6. The van der Waals surface area contributed by atoms with E-state index in [2.05, 4.69) is 0 Å². The van der Waals surface area contributed by atoms with Crippen LogP contribution >= 0.6 is 0 Å². The molecule has 0 radical (unpaired) electrons. The zero-order valence-corrected chi connectivity index (χ0v) is 10.5.